The summed E-state index contributed by atoms with van der Waals surface area (Å²) in [6.45, 7) is 3.16. The molecule has 0 spiro atoms. The molecule has 19 heavy (non-hydrogen) atoms. The summed E-state index contributed by atoms with van der Waals surface area (Å²) in [7, 11) is 3.12. The van der Waals surface area contributed by atoms with Crippen molar-refractivity contribution >= 4 is 0 Å². The first-order chi connectivity index (χ1) is 8.95. The Hall–Kier alpha value is -2.08. The van der Waals surface area contributed by atoms with E-state index in [0.717, 1.165) is 0 Å². The van der Waals surface area contributed by atoms with Crippen molar-refractivity contribution in [1.82, 2.24) is 10.2 Å². The van der Waals surface area contributed by atoms with E-state index in [2.05, 4.69) is 10.2 Å². The van der Waals surface area contributed by atoms with E-state index < -0.39 is 5.60 Å². The monoisotopic (exact) mass is 264 g/mol. The van der Waals surface area contributed by atoms with Crippen LogP contribution in [0.2, 0.25) is 0 Å². The van der Waals surface area contributed by atoms with Crippen molar-refractivity contribution in [3.05, 3.63) is 24.1 Å². The van der Waals surface area contributed by atoms with Crippen molar-refractivity contribution in [3.8, 4) is 23.0 Å². The molecule has 0 saturated carbocycles. The van der Waals surface area contributed by atoms with E-state index in [-0.39, 0.29) is 5.89 Å². The van der Waals surface area contributed by atoms with E-state index in [1.54, 1.807) is 46.3 Å². The number of hydrogen-bond donors (Lipinski definition) is 1. The van der Waals surface area contributed by atoms with E-state index >= 15 is 0 Å². The number of aliphatic hydroxyl groups is 1. The number of nitrogens with zero attached hydrogens (tertiary/aromatic N) is 2. The van der Waals surface area contributed by atoms with Gasteiger partial charge in [0.2, 0.25) is 11.8 Å². The summed E-state index contributed by atoms with van der Waals surface area (Å²) < 4.78 is 15.8. The van der Waals surface area contributed by atoms with E-state index in [0.29, 0.717) is 23.0 Å². The molecule has 1 heterocycles. The van der Waals surface area contributed by atoms with Crippen molar-refractivity contribution in [3.63, 3.8) is 0 Å². The maximum Gasteiger partial charge on any atom is 0.248 e. The van der Waals surface area contributed by atoms with Crippen LogP contribution in [0.4, 0.5) is 0 Å². The van der Waals surface area contributed by atoms with Crippen LogP contribution in [0.25, 0.3) is 11.5 Å². The van der Waals surface area contributed by atoms with Gasteiger partial charge >= 0.3 is 0 Å². The lowest BCUT2D eigenvalue weighted by molar-refractivity contribution is 0.0488. The molecule has 2 rings (SSSR count). The Labute approximate surface area is 111 Å². The first kappa shape index (κ1) is 13.4. The molecule has 0 bridgehead atoms. The van der Waals surface area contributed by atoms with Crippen LogP contribution in [-0.2, 0) is 5.60 Å². The van der Waals surface area contributed by atoms with Gasteiger partial charge in [0.1, 0.15) is 5.60 Å². The third-order valence-electron chi connectivity index (χ3n) is 2.58. The number of hydrogen-bond acceptors (Lipinski definition) is 6. The second kappa shape index (κ2) is 4.89. The van der Waals surface area contributed by atoms with Crippen LogP contribution in [0.1, 0.15) is 19.7 Å². The third kappa shape index (κ3) is 2.68. The van der Waals surface area contributed by atoms with Crippen LogP contribution < -0.4 is 9.47 Å². The quantitative estimate of drug-likeness (QED) is 0.909. The van der Waals surface area contributed by atoms with Gasteiger partial charge in [-0.15, -0.1) is 10.2 Å². The molecular formula is C13H16N2O4. The van der Waals surface area contributed by atoms with Crippen molar-refractivity contribution in [2.24, 2.45) is 0 Å². The minimum Gasteiger partial charge on any atom is -0.493 e. The molecule has 0 aliphatic rings. The molecule has 0 amide bonds. The zero-order chi connectivity index (χ0) is 14.0. The SMILES string of the molecule is COc1ccc(-c2nnc(C(C)(C)O)o2)cc1OC. The Balaban J connectivity index is 2.39. The average Bonchev–Trinajstić information content (AvgIpc) is 2.87. The molecule has 6 heteroatoms. The zero-order valence-corrected chi connectivity index (χ0v) is 11.3. The zero-order valence-electron chi connectivity index (χ0n) is 11.3. The summed E-state index contributed by atoms with van der Waals surface area (Å²) in [5.41, 5.74) is -0.470. The maximum absolute atomic E-state index is 9.79. The number of aromatic nitrogens is 2. The number of rotatable bonds is 4. The molecule has 1 aromatic carbocycles. The molecule has 0 saturated heterocycles. The van der Waals surface area contributed by atoms with Crippen LogP contribution in [0.3, 0.4) is 0 Å². The van der Waals surface area contributed by atoms with Gasteiger partial charge in [-0.1, -0.05) is 0 Å². The summed E-state index contributed by atoms with van der Waals surface area (Å²) >= 11 is 0. The molecule has 6 nitrogen and oxygen atoms in total. The van der Waals surface area contributed by atoms with Crippen molar-refractivity contribution in [2.45, 2.75) is 19.4 Å². The fraction of sp³-hybridized carbons (Fsp3) is 0.385. The highest BCUT2D eigenvalue weighted by atomic mass is 16.5. The summed E-state index contributed by atoms with van der Waals surface area (Å²) in [5, 5.41) is 17.5. The molecule has 2 aromatic rings. The van der Waals surface area contributed by atoms with Crippen LogP contribution in [0, 0.1) is 0 Å². The number of methoxy groups -OCH3 is 2. The second-order valence-corrected chi connectivity index (χ2v) is 4.54. The largest absolute Gasteiger partial charge is 0.493 e. The first-order valence-corrected chi connectivity index (χ1v) is 5.74. The molecule has 0 radical (unpaired) electrons. The number of ether oxygens (including phenoxy) is 2. The fourth-order valence-corrected chi connectivity index (χ4v) is 1.56. The van der Waals surface area contributed by atoms with E-state index in [9.17, 15) is 5.11 Å². The fourth-order valence-electron chi connectivity index (χ4n) is 1.56. The van der Waals surface area contributed by atoms with Gasteiger partial charge in [-0.25, -0.2) is 0 Å². The smallest absolute Gasteiger partial charge is 0.248 e. The molecule has 1 aromatic heterocycles. The normalized spacial score (nSPS) is 11.4. The molecular weight excluding hydrogens is 248 g/mol. The van der Waals surface area contributed by atoms with Crippen LogP contribution >= 0.6 is 0 Å². The topological polar surface area (TPSA) is 77.6 Å². The van der Waals surface area contributed by atoms with Gasteiger partial charge in [0.15, 0.2) is 11.5 Å². The molecule has 0 aliphatic carbocycles. The molecule has 0 fully saturated rings. The van der Waals surface area contributed by atoms with Gasteiger partial charge in [-0.3, -0.25) is 0 Å². The molecule has 0 aliphatic heterocycles. The summed E-state index contributed by atoms with van der Waals surface area (Å²) in [5.74, 6) is 1.67. The van der Waals surface area contributed by atoms with Crippen molar-refractivity contribution in [2.75, 3.05) is 14.2 Å². The second-order valence-electron chi connectivity index (χ2n) is 4.54. The van der Waals surface area contributed by atoms with E-state index in [1.165, 1.54) is 0 Å². The highest BCUT2D eigenvalue weighted by Crippen LogP contribution is 2.32. The van der Waals surface area contributed by atoms with Gasteiger partial charge in [0.05, 0.1) is 14.2 Å². The highest BCUT2D eigenvalue weighted by Gasteiger charge is 2.24. The minimum atomic E-state index is -1.16. The molecule has 1 N–H and O–H groups in total. The van der Waals surface area contributed by atoms with E-state index in [4.69, 9.17) is 13.9 Å². The standard InChI is InChI=1S/C13H16N2O4/c1-13(2,16)12-15-14-11(19-12)8-5-6-9(17-3)10(7-8)18-4/h5-7,16H,1-4H3. The Kier molecular flexibility index (Phi) is 3.44. The van der Waals surface area contributed by atoms with Crippen LogP contribution in [0.5, 0.6) is 11.5 Å². The first-order valence-electron chi connectivity index (χ1n) is 5.74. The Bertz CT molecular complexity index is 572. The van der Waals surface area contributed by atoms with Gasteiger partial charge in [0, 0.05) is 5.56 Å². The van der Waals surface area contributed by atoms with Gasteiger partial charge in [-0.05, 0) is 32.0 Å². The maximum atomic E-state index is 9.79. The Morgan fingerprint density at radius 3 is 2.32 bits per heavy atom. The lowest BCUT2D eigenvalue weighted by atomic mass is 10.1. The third-order valence-corrected chi connectivity index (χ3v) is 2.58. The summed E-state index contributed by atoms with van der Waals surface area (Å²) in [6.07, 6.45) is 0. The summed E-state index contributed by atoms with van der Waals surface area (Å²) in [6, 6.07) is 5.27. The number of benzene rings is 1. The Morgan fingerprint density at radius 1 is 1.11 bits per heavy atom. The van der Waals surface area contributed by atoms with Gasteiger partial charge < -0.3 is 19.0 Å². The van der Waals surface area contributed by atoms with E-state index in [1.807, 2.05) is 0 Å². The summed E-state index contributed by atoms with van der Waals surface area (Å²) in [4.78, 5) is 0. The van der Waals surface area contributed by atoms with Gasteiger partial charge in [-0.2, -0.15) is 0 Å². The van der Waals surface area contributed by atoms with Crippen molar-refractivity contribution < 1.29 is 19.0 Å². The van der Waals surface area contributed by atoms with Gasteiger partial charge in [0.25, 0.3) is 0 Å². The van der Waals surface area contributed by atoms with Crippen LogP contribution in [-0.4, -0.2) is 29.5 Å². The lowest BCUT2D eigenvalue weighted by Crippen LogP contribution is -2.15. The minimum absolute atomic E-state index is 0.164. The predicted octanol–water partition coefficient (Wildman–Crippen LogP) is 1.98. The molecule has 102 valence electrons. The van der Waals surface area contributed by atoms with Crippen LogP contribution in [0.15, 0.2) is 22.6 Å². The molecule has 0 atom stereocenters. The predicted molar refractivity (Wildman–Crippen MR) is 68.1 cm³/mol. The highest BCUT2D eigenvalue weighted by molar-refractivity contribution is 5.59. The molecule has 0 unspecified atom stereocenters. The average molecular weight is 264 g/mol. The van der Waals surface area contributed by atoms with Crippen molar-refractivity contribution in [1.29, 1.82) is 0 Å². The Morgan fingerprint density at radius 2 is 1.79 bits per heavy atom. The lowest BCUT2D eigenvalue weighted by Gasteiger charge is -2.10.